The van der Waals surface area contributed by atoms with Gasteiger partial charge < -0.3 is 15.1 Å². The second-order valence-electron chi connectivity index (χ2n) is 5.98. The minimum atomic E-state index is 0.667. The van der Waals surface area contributed by atoms with Crippen molar-refractivity contribution in [2.75, 3.05) is 46.8 Å². The Morgan fingerprint density at radius 1 is 1.41 bits per heavy atom. The maximum Gasteiger partial charge on any atom is 0.0240 e. The molecule has 1 rings (SSSR count). The van der Waals surface area contributed by atoms with Crippen LogP contribution < -0.4 is 5.32 Å². The minimum Gasteiger partial charge on any atom is -0.315 e. The molecule has 2 unspecified atom stereocenters. The predicted molar refractivity (Wildman–Crippen MR) is 75.4 cm³/mol. The molecule has 0 spiro atoms. The molecule has 0 amide bonds. The lowest BCUT2D eigenvalue weighted by atomic mass is 10.0. The van der Waals surface area contributed by atoms with Gasteiger partial charge in [-0.3, -0.25) is 0 Å². The van der Waals surface area contributed by atoms with Gasteiger partial charge >= 0.3 is 0 Å². The first-order valence-corrected chi connectivity index (χ1v) is 7.14. The molecule has 1 saturated heterocycles. The van der Waals surface area contributed by atoms with E-state index >= 15 is 0 Å². The normalized spacial score (nSPS) is 23.8. The first-order valence-electron chi connectivity index (χ1n) is 7.14. The van der Waals surface area contributed by atoms with E-state index in [1.54, 1.807) is 0 Å². The summed E-state index contributed by atoms with van der Waals surface area (Å²) >= 11 is 0. The quantitative estimate of drug-likeness (QED) is 0.729. The van der Waals surface area contributed by atoms with Gasteiger partial charge in [-0.2, -0.15) is 0 Å². The van der Waals surface area contributed by atoms with Crippen LogP contribution in [-0.2, 0) is 0 Å². The van der Waals surface area contributed by atoms with E-state index in [9.17, 15) is 0 Å². The Kier molecular flexibility index (Phi) is 6.45. The maximum atomic E-state index is 3.49. The number of likely N-dealkylation sites (tertiary alicyclic amines) is 1. The van der Waals surface area contributed by atoms with Crippen molar-refractivity contribution in [3.8, 4) is 0 Å². The zero-order valence-corrected chi connectivity index (χ0v) is 12.4. The lowest BCUT2D eigenvalue weighted by molar-refractivity contribution is 0.163. The fraction of sp³-hybridized carbons (Fsp3) is 1.00. The molecule has 0 radical (unpaired) electrons. The Bertz CT molecular complexity index is 206. The van der Waals surface area contributed by atoms with E-state index in [1.807, 2.05) is 0 Å². The van der Waals surface area contributed by atoms with Crippen molar-refractivity contribution in [1.82, 2.24) is 15.1 Å². The standard InChI is InChI=1S/C14H31N3/c1-6-15-9-14(12(2)3)17(5)11-13-7-8-16(4)10-13/h12-15H,6-11H2,1-5H3. The highest BCUT2D eigenvalue weighted by Crippen LogP contribution is 2.18. The smallest absolute Gasteiger partial charge is 0.0240 e. The van der Waals surface area contributed by atoms with Crippen LogP contribution in [0.5, 0.6) is 0 Å². The van der Waals surface area contributed by atoms with Gasteiger partial charge in [-0.15, -0.1) is 0 Å². The molecule has 0 bridgehead atoms. The van der Waals surface area contributed by atoms with Gasteiger partial charge in [-0.05, 0) is 45.4 Å². The van der Waals surface area contributed by atoms with Gasteiger partial charge in [0.1, 0.15) is 0 Å². The molecule has 3 nitrogen and oxygen atoms in total. The topological polar surface area (TPSA) is 18.5 Å². The summed E-state index contributed by atoms with van der Waals surface area (Å²) < 4.78 is 0. The molecule has 17 heavy (non-hydrogen) atoms. The van der Waals surface area contributed by atoms with E-state index in [0.717, 1.165) is 24.9 Å². The Morgan fingerprint density at radius 3 is 2.59 bits per heavy atom. The van der Waals surface area contributed by atoms with Gasteiger partial charge in [0.2, 0.25) is 0 Å². The lowest BCUT2D eigenvalue weighted by Gasteiger charge is -2.33. The minimum absolute atomic E-state index is 0.667. The van der Waals surface area contributed by atoms with Crippen molar-refractivity contribution in [3.05, 3.63) is 0 Å². The van der Waals surface area contributed by atoms with Gasteiger partial charge in [0.15, 0.2) is 0 Å². The van der Waals surface area contributed by atoms with E-state index in [-0.39, 0.29) is 0 Å². The van der Waals surface area contributed by atoms with Gasteiger partial charge in [0, 0.05) is 25.7 Å². The highest BCUT2D eigenvalue weighted by molar-refractivity contribution is 4.80. The third kappa shape index (κ3) is 4.94. The van der Waals surface area contributed by atoms with Crippen molar-refractivity contribution in [2.45, 2.75) is 33.2 Å². The van der Waals surface area contributed by atoms with Crippen LogP contribution >= 0.6 is 0 Å². The third-order valence-electron chi connectivity index (χ3n) is 3.97. The molecule has 1 aliphatic heterocycles. The Morgan fingerprint density at radius 2 is 2.12 bits per heavy atom. The van der Waals surface area contributed by atoms with Crippen LogP contribution in [0.4, 0.5) is 0 Å². The number of rotatable bonds is 7. The predicted octanol–water partition coefficient (Wildman–Crippen LogP) is 1.50. The van der Waals surface area contributed by atoms with E-state index in [0.29, 0.717) is 6.04 Å². The molecular formula is C14H31N3. The highest BCUT2D eigenvalue weighted by atomic mass is 15.2. The first-order chi connectivity index (χ1) is 8.04. The summed E-state index contributed by atoms with van der Waals surface area (Å²) in [6.45, 7) is 12.8. The summed E-state index contributed by atoms with van der Waals surface area (Å²) in [5, 5.41) is 3.49. The first kappa shape index (κ1) is 14.9. The second-order valence-corrected chi connectivity index (χ2v) is 5.98. The SMILES string of the molecule is CCNCC(C(C)C)N(C)CC1CCN(C)C1. The Hall–Kier alpha value is -0.120. The number of nitrogens with one attached hydrogen (secondary N) is 1. The molecule has 1 N–H and O–H groups in total. The Labute approximate surface area is 108 Å². The lowest BCUT2D eigenvalue weighted by Crippen LogP contribution is -2.45. The molecule has 0 saturated carbocycles. The van der Waals surface area contributed by atoms with E-state index in [4.69, 9.17) is 0 Å². The molecule has 0 aliphatic carbocycles. The van der Waals surface area contributed by atoms with E-state index in [2.05, 4.69) is 50.0 Å². The largest absolute Gasteiger partial charge is 0.315 e. The molecule has 2 atom stereocenters. The summed E-state index contributed by atoms with van der Waals surface area (Å²) in [6, 6.07) is 0.667. The van der Waals surface area contributed by atoms with E-state index in [1.165, 1.54) is 26.1 Å². The van der Waals surface area contributed by atoms with Crippen molar-refractivity contribution < 1.29 is 0 Å². The second kappa shape index (κ2) is 7.34. The van der Waals surface area contributed by atoms with Crippen molar-refractivity contribution in [1.29, 1.82) is 0 Å². The molecule has 1 aliphatic rings. The summed E-state index contributed by atoms with van der Waals surface area (Å²) in [5.74, 6) is 1.59. The van der Waals surface area contributed by atoms with Crippen molar-refractivity contribution in [2.24, 2.45) is 11.8 Å². The number of nitrogens with zero attached hydrogens (tertiary/aromatic N) is 2. The van der Waals surface area contributed by atoms with Gasteiger partial charge in [0.25, 0.3) is 0 Å². The molecule has 0 aromatic rings. The number of hydrogen-bond acceptors (Lipinski definition) is 3. The highest BCUT2D eigenvalue weighted by Gasteiger charge is 2.25. The van der Waals surface area contributed by atoms with Crippen molar-refractivity contribution in [3.63, 3.8) is 0 Å². The average molecular weight is 241 g/mol. The molecule has 1 fully saturated rings. The van der Waals surface area contributed by atoms with Crippen LogP contribution in [0.15, 0.2) is 0 Å². The summed E-state index contributed by atoms with van der Waals surface area (Å²) in [6.07, 6.45) is 1.37. The van der Waals surface area contributed by atoms with Gasteiger partial charge in [-0.25, -0.2) is 0 Å². The van der Waals surface area contributed by atoms with Gasteiger partial charge in [-0.1, -0.05) is 20.8 Å². The fourth-order valence-corrected chi connectivity index (χ4v) is 2.91. The zero-order chi connectivity index (χ0) is 12.8. The monoisotopic (exact) mass is 241 g/mol. The van der Waals surface area contributed by atoms with Crippen LogP contribution in [0.1, 0.15) is 27.2 Å². The number of likely N-dealkylation sites (N-methyl/N-ethyl adjacent to an activating group) is 2. The molecule has 0 aromatic carbocycles. The summed E-state index contributed by atoms with van der Waals surface area (Å²) in [7, 11) is 4.53. The zero-order valence-electron chi connectivity index (χ0n) is 12.4. The van der Waals surface area contributed by atoms with E-state index < -0.39 is 0 Å². The summed E-state index contributed by atoms with van der Waals surface area (Å²) in [4.78, 5) is 5.02. The molecule has 3 heteroatoms. The van der Waals surface area contributed by atoms with Crippen LogP contribution in [0.3, 0.4) is 0 Å². The molecule has 0 aromatic heterocycles. The maximum absolute atomic E-state index is 3.49. The fourth-order valence-electron chi connectivity index (χ4n) is 2.91. The van der Waals surface area contributed by atoms with Crippen LogP contribution in [-0.4, -0.2) is 62.7 Å². The molecule has 1 heterocycles. The van der Waals surface area contributed by atoms with Crippen LogP contribution in [0.25, 0.3) is 0 Å². The van der Waals surface area contributed by atoms with Crippen molar-refractivity contribution >= 4 is 0 Å². The van der Waals surface area contributed by atoms with Crippen LogP contribution in [0.2, 0.25) is 0 Å². The number of hydrogen-bond donors (Lipinski definition) is 1. The van der Waals surface area contributed by atoms with Gasteiger partial charge in [0.05, 0.1) is 0 Å². The average Bonchev–Trinajstić information content (AvgIpc) is 2.64. The molecular weight excluding hydrogens is 210 g/mol. The third-order valence-corrected chi connectivity index (χ3v) is 3.97. The Balaban J connectivity index is 2.38. The van der Waals surface area contributed by atoms with Crippen LogP contribution in [0, 0.1) is 11.8 Å². The molecule has 102 valence electrons. The summed E-state index contributed by atoms with van der Waals surface area (Å²) in [5.41, 5.74) is 0.